The molecule has 3 aromatic carbocycles. The van der Waals surface area contributed by atoms with Gasteiger partial charge in [0, 0.05) is 18.6 Å². The minimum absolute atomic E-state index is 0.0749. The van der Waals surface area contributed by atoms with Crippen LogP contribution in [0.15, 0.2) is 65.9 Å². The second-order valence-electron chi connectivity index (χ2n) is 10.3. The van der Waals surface area contributed by atoms with Crippen LogP contribution in [0.25, 0.3) is 0 Å². The summed E-state index contributed by atoms with van der Waals surface area (Å²) in [4.78, 5) is 2.39. The molecular weight excluding hydrogens is 492 g/mol. The maximum absolute atomic E-state index is 10.4. The Kier molecular flexibility index (Phi) is 8.12. The summed E-state index contributed by atoms with van der Waals surface area (Å²) in [7, 11) is 7.39. The van der Waals surface area contributed by atoms with E-state index in [0.29, 0.717) is 35.2 Å². The van der Waals surface area contributed by atoms with Crippen LogP contribution in [-0.2, 0) is 19.3 Å². The van der Waals surface area contributed by atoms with Gasteiger partial charge >= 0.3 is 0 Å². The lowest BCUT2D eigenvalue weighted by atomic mass is 9.88. The average Bonchev–Trinajstić information content (AvgIpc) is 2.96. The van der Waals surface area contributed by atoms with E-state index in [-0.39, 0.29) is 18.7 Å². The topological polar surface area (TPSA) is 72.4 Å². The highest BCUT2D eigenvalue weighted by Crippen LogP contribution is 2.40. The van der Waals surface area contributed by atoms with Gasteiger partial charge in [0.2, 0.25) is 0 Å². The predicted octanol–water partition coefficient (Wildman–Crippen LogP) is 5.06. The van der Waals surface area contributed by atoms with E-state index in [2.05, 4.69) is 41.5 Å². The highest BCUT2D eigenvalue weighted by atomic mass is 16.5. The number of methoxy groups -OCH3 is 2. The van der Waals surface area contributed by atoms with Crippen LogP contribution in [0.4, 0.5) is 0 Å². The van der Waals surface area contributed by atoms with Gasteiger partial charge in [-0.25, -0.2) is 0 Å². The minimum atomic E-state index is -0.226. The van der Waals surface area contributed by atoms with Crippen molar-refractivity contribution < 1.29 is 24.1 Å². The highest BCUT2D eigenvalue weighted by molar-refractivity contribution is 5.51. The summed E-state index contributed by atoms with van der Waals surface area (Å²) in [5.41, 5.74) is 5.69. The molecule has 2 atom stereocenters. The fraction of sp³-hybridized carbons (Fsp3) is 0.375. The van der Waals surface area contributed by atoms with E-state index >= 15 is 0 Å². The Balaban J connectivity index is 1.65. The maximum Gasteiger partial charge on any atom is 0.169 e. The van der Waals surface area contributed by atoms with E-state index in [1.807, 2.05) is 44.3 Å². The van der Waals surface area contributed by atoms with Crippen molar-refractivity contribution in [3.63, 3.8) is 0 Å². The van der Waals surface area contributed by atoms with E-state index in [4.69, 9.17) is 18.9 Å². The van der Waals surface area contributed by atoms with Crippen molar-refractivity contribution in [2.75, 3.05) is 41.5 Å². The molecule has 0 aromatic heterocycles. The van der Waals surface area contributed by atoms with Crippen LogP contribution in [0.3, 0.4) is 0 Å². The maximum atomic E-state index is 10.4. The quantitative estimate of drug-likeness (QED) is 0.489. The zero-order valence-corrected chi connectivity index (χ0v) is 23.4. The molecule has 6 bridgehead atoms. The molecule has 3 aliphatic heterocycles. The number of aliphatic hydroxyl groups is 1. The summed E-state index contributed by atoms with van der Waals surface area (Å²) >= 11 is 0. The summed E-state index contributed by atoms with van der Waals surface area (Å²) in [5.74, 6) is 3.90. The van der Waals surface area contributed by atoms with Crippen molar-refractivity contribution in [3.05, 3.63) is 88.2 Å². The Morgan fingerprint density at radius 3 is 2.33 bits per heavy atom. The van der Waals surface area contributed by atoms with Gasteiger partial charge in [0.05, 0.1) is 14.2 Å². The first-order chi connectivity index (χ1) is 18.9. The van der Waals surface area contributed by atoms with Gasteiger partial charge in [-0.3, -0.25) is 4.90 Å². The molecule has 0 aliphatic carbocycles. The minimum Gasteiger partial charge on any atom is -0.493 e. The third-order valence-corrected chi connectivity index (χ3v) is 7.99. The number of likely N-dealkylation sites (N-methyl/N-ethyl adjacent to an activating group) is 2. The summed E-state index contributed by atoms with van der Waals surface area (Å²) in [6.07, 6.45) is 2.45. The Bertz CT molecular complexity index is 1350. The molecule has 3 aromatic rings. The molecule has 0 spiro atoms. The summed E-state index contributed by atoms with van der Waals surface area (Å²) in [5, 5.41) is 13.8. The molecule has 7 nitrogen and oxygen atoms in total. The molecular formula is C32H38N2O5. The van der Waals surface area contributed by atoms with Crippen LogP contribution in [0.2, 0.25) is 0 Å². The van der Waals surface area contributed by atoms with Crippen LogP contribution < -0.4 is 24.3 Å². The number of fused-ring (bicyclic) bond motifs is 5. The lowest BCUT2D eigenvalue weighted by molar-refractivity contribution is 0.226. The summed E-state index contributed by atoms with van der Waals surface area (Å²) in [6, 6.07) is 18.6. The van der Waals surface area contributed by atoms with Gasteiger partial charge < -0.3 is 29.4 Å². The van der Waals surface area contributed by atoms with Gasteiger partial charge in [0.1, 0.15) is 18.1 Å². The molecule has 0 fully saturated rings. The van der Waals surface area contributed by atoms with Crippen LogP contribution in [0.5, 0.6) is 28.7 Å². The summed E-state index contributed by atoms with van der Waals surface area (Å²) in [6.45, 7) is 2.73. The van der Waals surface area contributed by atoms with Crippen LogP contribution in [0, 0.1) is 0 Å². The number of nitrogens with one attached hydrogen (secondary N) is 1. The van der Waals surface area contributed by atoms with Crippen molar-refractivity contribution in [1.29, 1.82) is 0 Å². The lowest BCUT2D eigenvalue weighted by Gasteiger charge is -2.35. The average molecular weight is 531 g/mol. The molecule has 7 heteroatoms. The van der Waals surface area contributed by atoms with Crippen molar-refractivity contribution in [1.82, 2.24) is 10.2 Å². The fourth-order valence-corrected chi connectivity index (χ4v) is 5.58. The predicted molar refractivity (Wildman–Crippen MR) is 152 cm³/mol. The van der Waals surface area contributed by atoms with Crippen LogP contribution in [0.1, 0.15) is 35.2 Å². The van der Waals surface area contributed by atoms with Gasteiger partial charge in [0.25, 0.3) is 0 Å². The number of hydrogen-bond donors (Lipinski definition) is 2. The van der Waals surface area contributed by atoms with Gasteiger partial charge in [-0.1, -0.05) is 18.2 Å². The first-order valence-corrected chi connectivity index (χ1v) is 13.4. The fourth-order valence-electron chi connectivity index (χ4n) is 5.58. The largest absolute Gasteiger partial charge is 0.493 e. The normalized spacial score (nSPS) is 19.5. The van der Waals surface area contributed by atoms with E-state index in [1.165, 1.54) is 16.7 Å². The molecule has 2 N–H and O–H groups in total. The highest BCUT2D eigenvalue weighted by Gasteiger charge is 2.28. The van der Waals surface area contributed by atoms with Crippen LogP contribution >= 0.6 is 0 Å². The third-order valence-electron chi connectivity index (χ3n) is 7.99. The van der Waals surface area contributed by atoms with Crippen molar-refractivity contribution >= 4 is 0 Å². The molecule has 6 rings (SSSR count). The molecule has 3 heterocycles. The summed E-state index contributed by atoms with van der Waals surface area (Å²) < 4.78 is 24.1. The first-order valence-electron chi connectivity index (χ1n) is 13.4. The molecule has 39 heavy (non-hydrogen) atoms. The molecule has 3 aliphatic rings. The Labute approximate surface area is 231 Å². The lowest BCUT2D eigenvalue weighted by Crippen LogP contribution is -2.33. The van der Waals surface area contributed by atoms with Crippen molar-refractivity contribution in [3.8, 4) is 28.7 Å². The standard InChI is InChI=1S/C32H38N2O5/c1-20-26(33-2)14-22-8-11-28(36-4)30(16-22)38-24-9-6-21(7-10-24)15-27-25-18-31(39-32(20)19-35)29(37-5)17-23(25)12-13-34(27)3/h6-11,16-18,26-27,33,35H,12-15,19H2,1-5H3/t26-,27-/m0/s1. The number of aliphatic hydroxyl groups excluding tert-OH is 1. The zero-order valence-electron chi connectivity index (χ0n) is 23.4. The molecule has 0 radical (unpaired) electrons. The van der Waals surface area contributed by atoms with Gasteiger partial charge in [-0.2, -0.15) is 0 Å². The molecule has 0 unspecified atom stereocenters. The van der Waals surface area contributed by atoms with Gasteiger partial charge in [-0.05, 0) is 105 Å². The number of benzene rings is 3. The van der Waals surface area contributed by atoms with Gasteiger partial charge in [0.15, 0.2) is 23.0 Å². The molecule has 206 valence electrons. The Morgan fingerprint density at radius 2 is 1.64 bits per heavy atom. The third kappa shape index (κ3) is 5.62. The molecule has 0 saturated carbocycles. The molecule has 0 saturated heterocycles. The number of hydrogen-bond acceptors (Lipinski definition) is 7. The van der Waals surface area contributed by atoms with Crippen molar-refractivity contribution in [2.24, 2.45) is 0 Å². The number of rotatable bonds is 4. The second kappa shape index (κ2) is 11.7. The van der Waals surface area contributed by atoms with E-state index in [9.17, 15) is 5.11 Å². The Morgan fingerprint density at radius 1 is 0.923 bits per heavy atom. The van der Waals surface area contributed by atoms with E-state index < -0.39 is 0 Å². The number of nitrogens with zero attached hydrogens (tertiary/aromatic N) is 1. The van der Waals surface area contributed by atoms with Gasteiger partial charge in [-0.15, -0.1) is 0 Å². The zero-order chi connectivity index (χ0) is 27.5. The van der Waals surface area contributed by atoms with Crippen molar-refractivity contribution in [2.45, 2.75) is 38.3 Å². The SMILES string of the molecule is CN[C@H]1Cc2ccc(OC)c(c2)Oc2ccc(cc2)C[C@H]2c3cc(c(OC)cc3CCN2C)OC(CO)=C1C. The molecule has 0 amide bonds. The smallest absolute Gasteiger partial charge is 0.169 e. The Hall–Kier alpha value is -3.52. The monoisotopic (exact) mass is 530 g/mol. The second-order valence-corrected chi connectivity index (χ2v) is 10.3. The first kappa shape index (κ1) is 27.1. The van der Waals surface area contributed by atoms with Crippen LogP contribution in [-0.4, -0.2) is 57.5 Å². The van der Waals surface area contributed by atoms with E-state index in [0.717, 1.165) is 36.3 Å². The van der Waals surface area contributed by atoms with E-state index in [1.54, 1.807) is 14.2 Å². The number of ether oxygens (including phenoxy) is 4.